The van der Waals surface area contributed by atoms with Gasteiger partial charge in [-0.1, -0.05) is 18.2 Å². The smallest absolute Gasteiger partial charge is 0.152 e. The first-order valence-corrected chi connectivity index (χ1v) is 8.66. The van der Waals surface area contributed by atoms with E-state index in [1.165, 1.54) is 0 Å². The van der Waals surface area contributed by atoms with Gasteiger partial charge in [-0.25, -0.2) is 9.97 Å². The van der Waals surface area contributed by atoms with Gasteiger partial charge in [-0.2, -0.15) is 5.06 Å². The molecule has 25 heavy (non-hydrogen) atoms. The number of fused-ring (bicyclic) bond motifs is 3. The summed E-state index contributed by atoms with van der Waals surface area (Å²) in [5, 5.41) is 2.94. The standard InChI is InChI=1S/C18H23N5O2/c1-3-24-11-15-21-16-17(23(15)10-12-8-9-22(2)25-12)13-6-4-5-7-14(13)20-18(16)19/h4-7,12H,3,8-11H2,1-2H3,(H2,19,20). The lowest BCUT2D eigenvalue weighted by atomic mass is 10.1. The van der Waals surface area contributed by atoms with Gasteiger partial charge >= 0.3 is 0 Å². The van der Waals surface area contributed by atoms with Gasteiger partial charge < -0.3 is 15.0 Å². The number of nitrogen functional groups attached to an aromatic ring is 1. The number of hydroxylamine groups is 2. The molecule has 0 amide bonds. The fourth-order valence-electron chi connectivity index (χ4n) is 3.42. The predicted octanol–water partition coefficient (Wildman–Crippen LogP) is 2.34. The van der Waals surface area contributed by atoms with E-state index in [0.717, 1.165) is 47.3 Å². The third kappa shape index (κ3) is 2.95. The van der Waals surface area contributed by atoms with Crippen LogP contribution in [0.1, 0.15) is 19.2 Å². The summed E-state index contributed by atoms with van der Waals surface area (Å²) in [6.07, 6.45) is 1.11. The topological polar surface area (TPSA) is 78.4 Å². The summed E-state index contributed by atoms with van der Waals surface area (Å²) >= 11 is 0. The largest absolute Gasteiger partial charge is 0.382 e. The summed E-state index contributed by atoms with van der Waals surface area (Å²) in [6, 6.07) is 8.02. The average molecular weight is 341 g/mol. The van der Waals surface area contributed by atoms with Crippen LogP contribution in [-0.2, 0) is 22.7 Å². The van der Waals surface area contributed by atoms with Crippen LogP contribution in [0.5, 0.6) is 0 Å². The van der Waals surface area contributed by atoms with Gasteiger partial charge in [-0.15, -0.1) is 0 Å². The number of benzene rings is 1. The number of hydrogen-bond donors (Lipinski definition) is 1. The van der Waals surface area contributed by atoms with E-state index in [4.69, 9.17) is 20.3 Å². The van der Waals surface area contributed by atoms with E-state index < -0.39 is 0 Å². The van der Waals surface area contributed by atoms with Crippen LogP contribution < -0.4 is 5.73 Å². The first kappa shape index (κ1) is 16.3. The van der Waals surface area contributed by atoms with Crippen molar-refractivity contribution in [3.8, 4) is 0 Å². The second-order valence-corrected chi connectivity index (χ2v) is 6.35. The highest BCUT2D eigenvalue weighted by atomic mass is 16.7. The minimum atomic E-state index is 0.121. The number of ether oxygens (including phenoxy) is 1. The molecule has 1 fully saturated rings. The van der Waals surface area contributed by atoms with E-state index in [1.54, 1.807) is 0 Å². The fraction of sp³-hybridized carbons (Fsp3) is 0.444. The molecule has 0 bridgehead atoms. The van der Waals surface area contributed by atoms with Crippen LogP contribution in [0, 0.1) is 0 Å². The number of rotatable bonds is 5. The quantitative estimate of drug-likeness (QED) is 0.767. The molecule has 1 aliphatic rings. The van der Waals surface area contributed by atoms with Crippen LogP contribution >= 0.6 is 0 Å². The SMILES string of the molecule is CCOCc1nc2c(N)nc3ccccc3c2n1CC1CCN(C)O1. The number of imidazole rings is 1. The summed E-state index contributed by atoms with van der Waals surface area (Å²) < 4.78 is 7.82. The van der Waals surface area contributed by atoms with E-state index in [1.807, 2.05) is 37.2 Å². The second kappa shape index (κ2) is 6.59. The van der Waals surface area contributed by atoms with Crippen molar-refractivity contribution in [3.63, 3.8) is 0 Å². The number of pyridine rings is 1. The zero-order chi connectivity index (χ0) is 17.4. The van der Waals surface area contributed by atoms with Crippen molar-refractivity contribution in [2.24, 2.45) is 0 Å². The van der Waals surface area contributed by atoms with Crippen molar-refractivity contribution in [1.29, 1.82) is 0 Å². The average Bonchev–Trinajstić information content (AvgIpc) is 3.18. The van der Waals surface area contributed by atoms with Gasteiger partial charge in [0.15, 0.2) is 5.82 Å². The molecule has 1 saturated heterocycles. The van der Waals surface area contributed by atoms with Crippen LogP contribution in [0.4, 0.5) is 5.82 Å². The van der Waals surface area contributed by atoms with Crippen molar-refractivity contribution in [2.75, 3.05) is 25.9 Å². The molecule has 3 aromatic rings. The van der Waals surface area contributed by atoms with Crippen molar-refractivity contribution < 1.29 is 9.57 Å². The van der Waals surface area contributed by atoms with Crippen LogP contribution in [0.15, 0.2) is 24.3 Å². The first-order valence-electron chi connectivity index (χ1n) is 8.66. The molecule has 1 atom stereocenters. The predicted molar refractivity (Wildman–Crippen MR) is 96.9 cm³/mol. The lowest BCUT2D eigenvalue weighted by Crippen LogP contribution is -2.20. The molecule has 7 nitrogen and oxygen atoms in total. The molecule has 2 aromatic heterocycles. The highest BCUT2D eigenvalue weighted by Gasteiger charge is 2.25. The van der Waals surface area contributed by atoms with Crippen LogP contribution in [-0.4, -0.2) is 45.9 Å². The van der Waals surface area contributed by atoms with Crippen LogP contribution in [0.3, 0.4) is 0 Å². The third-order valence-corrected chi connectivity index (χ3v) is 4.61. The van der Waals surface area contributed by atoms with Gasteiger partial charge in [0.1, 0.15) is 17.9 Å². The van der Waals surface area contributed by atoms with E-state index in [9.17, 15) is 0 Å². The van der Waals surface area contributed by atoms with E-state index in [0.29, 0.717) is 19.0 Å². The molecule has 0 radical (unpaired) electrons. The maximum Gasteiger partial charge on any atom is 0.152 e. The molecule has 1 aromatic carbocycles. The summed E-state index contributed by atoms with van der Waals surface area (Å²) in [7, 11) is 1.96. The maximum absolute atomic E-state index is 6.20. The van der Waals surface area contributed by atoms with Gasteiger partial charge in [-0.05, 0) is 19.4 Å². The Labute approximate surface area is 146 Å². The summed E-state index contributed by atoms with van der Waals surface area (Å²) in [5.74, 6) is 1.31. The number of nitrogens with two attached hydrogens (primary N) is 1. The fourth-order valence-corrected chi connectivity index (χ4v) is 3.42. The van der Waals surface area contributed by atoms with E-state index in [2.05, 4.69) is 15.6 Å². The molecule has 3 heterocycles. The second-order valence-electron chi connectivity index (χ2n) is 6.35. The molecule has 7 heteroatoms. The van der Waals surface area contributed by atoms with Gasteiger partial charge in [0.25, 0.3) is 0 Å². The maximum atomic E-state index is 6.20. The molecule has 0 saturated carbocycles. The van der Waals surface area contributed by atoms with Crippen LogP contribution in [0.25, 0.3) is 21.9 Å². The van der Waals surface area contributed by atoms with Gasteiger partial charge in [-0.3, -0.25) is 4.84 Å². The molecular weight excluding hydrogens is 318 g/mol. The molecule has 1 unspecified atom stereocenters. The van der Waals surface area contributed by atoms with Crippen molar-refractivity contribution in [3.05, 3.63) is 30.1 Å². The number of anilines is 1. The minimum absolute atomic E-state index is 0.121. The number of nitrogens with zero attached hydrogens (tertiary/aromatic N) is 4. The Kier molecular flexibility index (Phi) is 4.29. The Morgan fingerprint density at radius 1 is 1.32 bits per heavy atom. The Bertz CT molecular complexity index is 907. The summed E-state index contributed by atoms with van der Waals surface area (Å²) in [6.45, 7) is 4.72. The molecule has 132 valence electrons. The molecule has 1 aliphatic heterocycles. The normalized spacial score (nSPS) is 18.6. The Balaban J connectivity index is 1.88. The highest BCUT2D eigenvalue weighted by Crippen LogP contribution is 2.30. The Morgan fingerprint density at radius 3 is 2.92 bits per heavy atom. The van der Waals surface area contributed by atoms with Crippen molar-refractivity contribution >= 4 is 27.8 Å². The third-order valence-electron chi connectivity index (χ3n) is 4.61. The lowest BCUT2D eigenvalue weighted by Gasteiger charge is -2.16. The van der Waals surface area contributed by atoms with E-state index in [-0.39, 0.29) is 6.10 Å². The first-order chi connectivity index (χ1) is 12.2. The number of para-hydroxylation sites is 1. The molecular formula is C18H23N5O2. The monoisotopic (exact) mass is 341 g/mol. The highest BCUT2D eigenvalue weighted by molar-refractivity contribution is 6.06. The Hall–Kier alpha value is -2.22. The van der Waals surface area contributed by atoms with Crippen molar-refractivity contribution in [1.82, 2.24) is 19.6 Å². The molecule has 2 N–H and O–H groups in total. The minimum Gasteiger partial charge on any atom is -0.382 e. The van der Waals surface area contributed by atoms with Gasteiger partial charge in [0.05, 0.1) is 23.7 Å². The van der Waals surface area contributed by atoms with Gasteiger partial charge in [0, 0.05) is 25.6 Å². The summed E-state index contributed by atoms with van der Waals surface area (Å²) in [5.41, 5.74) is 8.82. The molecule has 0 aliphatic carbocycles. The van der Waals surface area contributed by atoms with E-state index >= 15 is 0 Å². The van der Waals surface area contributed by atoms with Crippen LogP contribution in [0.2, 0.25) is 0 Å². The molecule has 0 spiro atoms. The zero-order valence-electron chi connectivity index (χ0n) is 14.6. The molecule has 4 rings (SSSR count). The van der Waals surface area contributed by atoms with Crippen molar-refractivity contribution in [2.45, 2.75) is 32.6 Å². The number of hydrogen-bond acceptors (Lipinski definition) is 6. The lowest BCUT2D eigenvalue weighted by molar-refractivity contribution is -0.130. The zero-order valence-corrected chi connectivity index (χ0v) is 14.6. The number of aromatic nitrogens is 3. The summed E-state index contributed by atoms with van der Waals surface area (Å²) in [4.78, 5) is 15.1. The Morgan fingerprint density at radius 2 is 2.16 bits per heavy atom. The van der Waals surface area contributed by atoms with Gasteiger partial charge in [0.2, 0.25) is 0 Å².